The molecule has 4 heteroatoms. The van der Waals surface area contributed by atoms with Gasteiger partial charge in [0.15, 0.2) is 5.78 Å². The zero-order valence-electron chi connectivity index (χ0n) is 11.7. The molecular weight excluding hydrogens is 254 g/mol. The topological polar surface area (TPSA) is 54.5 Å². The summed E-state index contributed by atoms with van der Waals surface area (Å²) in [5, 5.41) is 0. The Hall–Kier alpha value is -1.97. The lowest BCUT2D eigenvalue weighted by molar-refractivity contribution is -0.119. The number of fused-ring (bicyclic) bond motifs is 1. The van der Waals surface area contributed by atoms with E-state index >= 15 is 0 Å². The Balaban J connectivity index is 1.93. The van der Waals surface area contributed by atoms with Crippen LogP contribution in [-0.2, 0) is 4.79 Å². The zero-order chi connectivity index (χ0) is 14.5. The van der Waals surface area contributed by atoms with Gasteiger partial charge >= 0.3 is 0 Å². The van der Waals surface area contributed by atoms with Gasteiger partial charge in [0.05, 0.1) is 17.7 Å². The number of unbranched alkanes of at least 4 members (excludes halogenated alkanes) is 3. The van der Waals surface area contributed by atoms with Crippen LogP contribution in [0, 0.1) is 0 Å². The maximum absolute atomic E-state index is 12.1. The van der Waals surface area contributed by atoms with E-state index in [1.54, 1.807) is 24.3 Å². The number of hydrogen-bond donors (Lipinski definition) is 0. The quantitative estimate of drug-likeness (QED) is 0.567. The lowest BCUT2D eigenvalue weighted by atomic mass is 10.1. The van der Waals surface area contributed by atoms with Gasteiger partial charge in [-0.1, -0.05) is 38.3 Å². The highest BCUT2D eigenvalue weighted by molar-refractivity contribution is 6.22. The second kappa shape index (κ2) is 6.46. The van der Waals surface area contributed by atoms with Crippen molar-refractivity contribution in [2.75, 3.05) is 6.54 Å². The average Bonchev–Trinajstić information content (AvgIpc) is 2.69. The molecule has 0 aromatic heterocycles. The summed E-state index contributed by atoms with van der Waals surface area (Å²) < 4.78 is 0. The van der Waals surface area contributed by atoms with Crippen molar-refractivity contribution in [1.82, 2.24) is 4.90 Å². The summed E-state index contributed by atoms with van der Waals surface area (Å²) in [4.78, 5) is 37.1. The number of hydrogen-bond acceptors (Lipinski definition) is 3. The fraction of sp³-hybridized carbons (Fsp3) is 0.438. The molecule has 0 aliphatic carbocycles. The molecule has 106 valence electrons. The van der Waals surface area contributed by atoms with Crippen LogP contribution in [0.15, 0.2) is 24.3 Å². The molecule has 1 aromatic rings. The molecule has 0 N–H and O–H groups in total. The van der Waals surface area contributed by atoms with E-state index in [1.165, 1.54) is 0 Å². The van der Waals surface area contributed by atoms with Crippen LogP contribution < -0.4 is 0 Å². The first-order chi connectivity index (χ1) is 9.65. The van der Waals surface area contributed by atoms with E-state index in [0.717, 1.165) is 30.6 Å². The van der Waals surface area contributed by atoms with Crippen molar-refractivity contribution in [1.29, 1.82) is 0 Å². The second-order valence-electron chi connectivity index (χ2n) is 5.09. The van der Waals surface area contributed by atoms with E-state index in [4.69, 9.17) is 0 Å². The van der Waals surface area contributed by atoms with Gasteiger partial charge in [-0.15, -0.1) is 0 Å². The summed E-state index contributed by atoms with van der Waals surface area (Å²) in [5.41, 5.74) is 0.799. The summed E-state index contributed by atoms with van der Waals surface area (Å²) in [5.74, 6) is -0.754. The van der Waals surface area contributed by atoms with Gasteiger partial charge in [-0.3, -0.25) is 19.3 Å². The van der Waals surface area contributed by atoms with Gasteiger partial charge < -0.3 is 0 Å². The van der Waals surface area contributed by atoms with Crippen LogP contribution in [0.3, 0.4) is 0 Å². The Bertz CT molecular complexity index is 501. The zero-order valence-corrected chi connectivity index (χ0v) is 11.7. The second-order valence-corrected chi connectivity index (χ2v) is 5.09. The van der Waals surface area contributed by atoms with Crippen LogP contribution in [0.2, 0.25) is 0 Å². The number of ketones is 1. The molecule has 0 spiro atoms. The Morgan fingerprint density at radius 3 is 2.15 bits per heavy atom. The van der Waals surface area contributed by atoms with Crippen LogP contribution in [0.1, 0.15) is 59.7 Å². The number of rotatable bonds is 7. The summed E-state index contributed by atoms with van der Waals surface area (Å²) in [7, 11) is 0. The molecule has 0 radical (unpaired) electrons. The molecule has 20 heavy (non-hydrogen) atoms. The monoisotopic (exact) mass is 273 g/mol. The molecular formula is C16H19NO3. The molecule has 4 nitrogen and oxygen atoms in total. The van der Waals surface area contributed by atoms with Crippen LogP contribution in [-0.4, -0.2) is 29.0 Å². The van der Waals surface area contributed by atoms with Crippen LogP contribution in [0.5, 0.6) is 0 Å². The highest BCUT2D eigenvalue weighted by Gasteiger charge is 2.35. The van der Waals surface area contributed by atoms with E-state index in [0.29, 0.717) is 17.5 Å². The highest BCUT2D eigenvalue weighted by atomic mass is 16.2. The Morgan fingerprint density at radius 1 is 1.00 bits per heavy atom. The molecule has 0 saturated carbocycles. The van der Waals surface area contributed by atoms with Crippen LogP contribution in [0.25, 0.3) is 0 Å². The molecule has 1 aliphatic heterocycles. The molecule has 1 heterocycles. The SMILES string of the molecule is CCCCCCC(=O)CN1C(=O)c2ccccc2C1=O. The smallest absolute Gasteiger partial charge is 0.261 e. The normalized spacial score (nSPS) is 13.8. The van der Waals surface area contributed by atoms with Crippen molar-refractivity contribution in [2.45, 2.75) is 39.0 Å². The standard InChI is InChI=1S/C16H19NO3/c1-2-3-4-5-8-12(18)11-17-15(19)13-9-6-7-10-14(13)16(17)20/h6-7,9-10H,2-5,8,11H2,1H3. The Labute approximate surface area is 118 Å². The Morgan fingerprint density at radius 2 is 1.60 bits per heavy atom. The number of amides is 2. The fourth-order valence-electron chi connectivity index (χ4n) is 2.39. The molecule has 2 amide bonds. The first-order valence-electron chi connectivity index (χ1n) is 7.12. The van der Waals surface area contributed by atoms with Gasteiger partial charge in [0.25, 0.3) is 11.8 Å². The van der Waals surface area contributed by atoms with Gasteiger partial charge in [-0.05, 0) is 18.6 Å². The van der Waals surface area contributed by atoms with Crippen molar-refractivity contribution in [3.05, 3.63) is 35.4 Å². The van der Waals surface area contributed by atoms with Gasteiger partial charge in [-0.2, -0.15) is 0 Å². The summed E-state index contributed by atoms with van der Waals surface area (Å²) in [6.45, 7) is 2.01. The van der Waals surface area contributed by atoms with E-state index < -0.39 is 0 Å². The van der Waals surface area contributed by atoms with Crippen molar-refractivity contribution in [3.8, 4) is 0 Å². The molecule has 0 atom stereocenters. The first kappa shape index (κ1) is 14.4. The van der Waals surface area contributed by atoms with Crippen LogP contribution >= 0.6 is 0 Å². The highest BCUT2D eigenvalue weighted by Crippen LogP contribution is 2.22. The van der Waals surface area contributed by atoms with E-state index in [-0.39, 0.29) is 24.1 Å². The van der Waals surface area contributed by atoms with Crippen molar-refractivity contribution in [2.24, 2.45) is 0 Å². The molecule has 1 aliphatic rings. The fourth-order valence-corrected chi connectivity index (χ4v) is 2.39. The predicted molar refractivity (Wildman–Crippen MR) is 75.6 cm³/mol. The third kappa shape index (κ3) is 2.95. The van der Waals surface area contributed by atoms with Gasteiger partial charge in [0.1, 0.15) is 0 Å². The van der Waals surface area contributed by atoms with Crippen molar-refractivity contribution in [3.63, 3.8) is 0 Å². The number of nitrogens with zero attached hydrogens (tertiary/aromatic N) is 1. The maximum atomic E-state index is 12.1. The van der Waals surface area contributed by atoms with E-state index in [2.05, 4.69) is 6.92 Å². The molecule has 1 aromatic carbocycles. The third-order valence-electron chi connectivity index (χ3n) is 3.52. The van der Waals surface area contributed by atoms with Gasteiger partial charge in [-0.25, -0.2) is 0 Å². The molecule has 2 rings (SSSR count). The average molecular weight is 273 g/mol. The Kier molecular flexibility index (Phi) is 4.66. The van der Waals surface area contributed by atoms with Crippen molar-refractivity contribution >= 4 is 17.6 Å². The number of carbonyl (C=O) groups excluding carboxylic acids is 3. The maximum Gasteiger partial charge on any atom is 0.261 e. The lowest BCUT2D eigenvalue weighted by Gasteiger charge is -2.12. The largest absolute Gasteiger partial charge is 0.298 e. The number of benzene rings is 1. The molecule has 0 unspecified atom stereocenters. The summed E-state index contributed by atoms with van der Waals surface area (Å²) in [6.07, 6.45) is 4.51. The van der Waals surface area contributed by atoms with E-state index in [9.17, 15) is 14.4 Å². The van der Waals surface area contributed by atoms with Gasteiger partial charge in [0, 0.05) is 6.42 Å². The molecule has 0 saturated heterocycles. The minimum absolute atomic E-state index is 0.0457. The summed E-state index contributed by atoms with van der Waals surface area (Å²) >= 11 is 0. The predicted octanol–water partition coefficient (Wildman–Crippen LogP) is 2.82. The number of carbonyl (C=O) groups is 3. The number of imide groups is 1. The summed E-state index contributed by atoms with van der Waals surface area (Å²) in [6, 6.07) is 6.70. The lowest BCUT2D eigenvalue weighted by Crippen LogP contribution is -2.34. The van der Waals surface area contributed by atoms with Crippen LogP contribution in [0.4, 0.5) is 0 Å². The first-order valence-corrected chi connectivity index (χ1v) is 7.12. The third-order valence-corrected chi connectivity index (χ3v) is 3.52. The van der Waals surface area contributed by atoms with E-state index in [1.807, 2.05) is 0 Å². The minimum atomic E-state index is -0.354. The van der Waals surface area contributed by atoms with Gasteiger partial charge in [0.2, 0.25) is 0 Å². The minimum Gasteiger partial charge on any atom is -0.298 e. The van der Waals surface area contributed by atoms with Crippen molar-refractivity contribution < 1.29 is 14.4 Å². The molecule has 0 bridgehead atoms. The number of Topliss-reactive ketones (excluding diaryl/α,β-unsaturated/α-hetero) is 1. The molecule has 0 fully saturated rings.